The molecule has 8 nitrogen and oxygen atoms in total. The molecule has 0 aliphatic heterocycles. The molecule has 0 radical (unpaired) electrons. The molecule has 0 unspecified atom stereocenters. The molecule has 0 aliphatic carbocycles. The summed E-state index contributed by atoms with van der Waals surface area (Å²) in [5, 5.41) is 6.87. The van der Waals surface area contributed by atoms with Gasteiger partial charge < -0.3 is 19.3 Å². The van der Waals surface area contributed by atoms with Gasteiger partial charge in [0.25, 0.3) is 11.8 Å². The van der Waals surface area contributed by atoms with E-state index in [0.717, 1.165) is 0 Å². The summed E-state index contributed by atoms with van der Waals surface area (Å²) in [6.07, 6.45) is 0. The second-order valence-electron chi connectivity index (χ2n) is 5.79. The van der Waals surface area contributed by atoms with Gasteiger partial charge in [0.2, 0.25) is 5.82 Å². The first-order valence-electron chi connectivity index (χ1n) is 8.81. The summed E-state index contributed by atoms with van der Waals surface area (Å²) >= 11 is 5.78. The fraction of sp³-hybridized carbons (Fsp3) is 0.200. The summed E-state index contributed by atoms with van der Waals surface area (Å²) in [6, 6.07) is 13.6. The SMILES string of the molecule is CCOc1ccccc1-c1noc(COC(=O)CNC(=O)c2ccc(Cl)cc2)n1. The first kappa shape index (κ1) is 20.3. The highest BCUT2D eigenvalue weighted by molar-refractivity contribution is 6.30. The number of benzene rings is 2. The number of rotatable bonds is 8. The van der Waals surface area contributed by atoms with Crippen LogP contribution in [0.25, 0.3) is 11.4 Å². The highest BCUT2D eigenvalue weighted by Gasteiger charge is 2.15. The molecule has 0 atom stereocenters. The number of esters is 1. The summed E-state index contributed by atoms with van der Waals surface area (Å²) in [7, 11) is 0. The van der Waals surface area contributed by atoms with Crippen LogP contribution in [0.5, 0.6) is 5.75 Å². The average Bonchev–Trinajstić information content (AvgIpc) is 3.20. The Morgan fingerprint density at radius 2 is 1.90 bits per heavy atom. The zero-order chi connectivity index (χ0) is 20.6. The first-order chi connectivity index (χ1) is 14.1. The van der Waals surface area contributed by atoms with Gasteiger partial charge in [-0.1, -0.05) is 28.9 Å². The van der Waals surface area contributed by atoms with Crippen LogP contribution >= 0.6 is 11.6 Å². The molecule has 0 bridgehead atoms. The van der Waals surface area contributed by atoms with E-state index < -0.39 is 11.9 Å². The maximum atomic E-state index is 12.0. The van der Waals surface area contributed by atoms with Crippen LogP contribution in [-0.2, 0) is 16.1 Å². The summed E-state index contributed by atoms with van der Waals surface area (Å²) in [6.45, 7) is 1.87. The minimum Gasteiger partial charge on any atom is -0.493 e. The second kappa shape index (κ2) is 9.70. The lowest BCUT2D eigenvalue weighted by Gasteiger charge is -2.06. The van der Waals surface area contributed by atoms with Crippen molar-refractivity contribution in [2.24, 2.45) is 0 Å². The van der Waals surface area contributed by atoms with E-state index in [0.29, 0.717) is 34.3 Å². The minimum absolute atomic E-state index is 0.128. The van der Waals surface area contributed by atoms with E-state index in [-0.39, 0.29) is 19.0 Å². The number of hydrogen-bond donors (Lipinski definition) is 1. The van der Waals surface area contributed by atoms with Crippen LogP contribution in [0.3, 0.4) is 0 Å². The molecule has 0 saturated carbocycles. The number of carbonyl (C=O) groups excluding carboxylic acids is 2. The standard InChI is InChI=1S/C20H18ClN3O5/c1-2-27-16-6-4-3-5-15(16)19-23-17(29-24-19)12-28-18(25)11-22-20(26)13-7-9-14(21)10-8-13/h3-10H,2,11-12H2,1H3,(H,22,26). The van der Waals surface area contributed by atoms with Gasteiger partial charge in [-0.05, 0) is 43.3 Å². The van der Waals surface area contributed by atoms with Crippen molar-refractivity contribution in [3.8, 4) is 17.1 Å². The molecule has 1 N–H and O–H groups in total. The average molecular weight is 416 g/mol. The lowest BCUT2D eigenvalue weighted by atomic mass is 10.2. The van der Waals surface area contributed by atoms with Gasteiger partial charge in [0, 0.05) is 10.6 Å². The van der Waals surface area contributed by atoms with Crippen molar-refractivity contribution in [3.05, 3.63) is 65.0 Å². The second-order valence-corrected chi connectivity index (χ2v) is 6.23. The fourth-order valence-corrected chi connectivity index (χ4v) is 2.53. The van der Waals surface area contributed by atoms with Crippen molar-refractivity contribution in [1.82, 2.24) is 15.5 Å². The summed E-state index contributed by atoms with van der Waals surface area (Å²) in [5.74, 6) is 0.0390. The molecular formula is C20H18ClN3O5. The molecule has 1 amide bonds. The Morgan fingerprint density at radius 3 is 2.66 bits per heavy atom. The predicted molar refractivity (Wildman–Crippen MR) is 104 cm³/mol. The van der Waals surface area contributed by atoms with Gasteiger partial charge in [0.05, 0.1) is 12.2 Å². The Labute approximate surface area is 171 Å². The van der Waals surface area contributed by atoms with E-state index in [1.807, 2.05) is 19.1 Å². The quantitative estimate of drug-likeness (QED) is 0.563. The zero-order valence-electron chi connectivity index (χ0n) is 15.6. The van der Waals surface area contributed by atoms with Gasteiger partial charge in [0.15, 0.2) is 6.61 Å². The molecule has 9 heteroatoms. The van der Waals surface area contributed by atoms with Crippen molar-refractivity contribution in [1.29, 1.82) is 0 Å². The van der Waals surface area contributed by atoms with Crippen molar-refractivity contribution in [2.75, 3.05) is 13.2 Å². The first-order valence-corrected chi connectivity index (χ1v) is 9.18. The number of hydrogen-bond acceptors (Lipinski definition) is 7. The third kappa shape index (κ3) is 5.55. The number of halogens is 1. The molecule has 1 heterocycles. The van der Waals surface area contributed by atoms with Crippen LogP contribution < -0.4 is 10.1 Å². The molecule has 0 spiro atoms. The summed E-state index contributed by atoms with van der Waals surface area (Å²) in [4.78, 5) is 28.0. The number of aromatic nitrogens is 2. The van der Waals surface area contributed by atoms with Crippen LogP contribution in [0.15, 0.2) is 53.1 Å². The maximum absolute atomic E-state index is 12.0. The molecule has 150 valence electrons. The Bertz CT molecular complexity index is 988. The van der Waals surface area contributed by atoms with Crippen molar-refractivity contribution < 1.29 is 23.6 Å². The monoisotopic (exact) mass is 415 g/mol. The molecule has 1 aromatic heterocycles. The van der Waals surface area contributed by atoms with Gasteiger partial charge in [-0.15, -0.1) is 0 Å². The highest BCUT2D eigenvalue weighted by Crippen LogP contribution is 2.27. The van der Waals surface area contributed by atoms with Crippen molar-refractivity contribution in [2.45, 2.75) is 13.5 Å². The lowest BCUT2D eigenvalue weighted by molar-refractivity contribution is -0.144. The predicted octanol–water partition coefficient (Wildman–Crippen LogP) is 3.26. The van der Waals surface area contributed by atoms with Gasteiger partial charge in [0.1, 0.15) is 12.3 Å². The maximum Gasteiger partial charge on any atom is 0.325 e. The smallest absolute Gasteiger partial charge is 0.325 e. The van der Waals surface area contributed by atoms with Crippen LogP contribution in [0, 0.1) is 0 Å². The number of nitrogens with one attached hydrogen (secondary N) is 1. The van der Waals surface area contributed by atoms with Crippen molar-refractivity contribution in [3.63, 3.8) is 0 Å². The van der Waals surface area contributed by atoms with E-state index in [2.05, 4.69) is 15.5 Å². The number of nitrogens with zero attached hydrogens (tertiary/aromatic N) is 2. The molecule has 29 heavy (non-hydrogen) atoms. The van der Waals surface area contributed by atoms with Gasteiger partial charge in [-0.25, -0.2) is 0 Å². The largest absolute Gasteiger partial charge is 0.493 e. The Kier molecular flexibility index (Phi) is 6.80. The molecular weight excluding hydrogens is 398 g/mol. The highest BCUT2D eigenvalue weighted by atomic mass is 35.5. The van der Waals surface area contributed by atoms with Crippen molar-refractivity contribution >= 4 is 23.5 Å². The third-order valence-electron chi connectivity index (χ3n) is 3.75. The lowest BCUT2D eigenvalue weighted by Crippen LogP contribution is -2.30. The van der Waals surface area contributed by atoms with E-state index in [1.54, 1.807) is 36.4 Å². The number of para-hydroxylation sites is 1. The number of amides is 1. The molecule has 3 rings (SSSR count). The van der Waals surface area contributed by atoms with E-state index in [9.17, 15) is 9.59 Å². The van der Waals surface area contributed by atoms with E-state index in [4.69, 9.17) is 25.6 Å². The van der Waals surface area contributed by atoms with Crippen LogP contribution in [0.2, 0.25) is 5.02 Å². The molecule has 0 aliphatic rings. The van der Waals surface area contributed by atoms with E-state index in [1.165, 1.54) is 0 Å². The van der Waals surface area contributed by atoms with Crippen LogP contribution in [0.4, 0.5) is 0 Å². The zero-order valence-corrected chi connectivity index (χ0v) is 16.3. The normalized spacial score (nSPS) is 10.4. The van der Waals surface area contributed by atoms with E-state index >= 15 is 0 Å². The van der Waals surface area contributed by atoms with Crippen LogP contribution in [0.1, 0.15) is 23.2 Å². The fourth-order valence-electron chi connectivity index (χ4n) is 2.40. The Morgan fingerprint density at radius 1 is 1.14 bits per heavy atom. The minimum atomic E-state index is -0.637. The third-order valence-corrected chi connectivity index (χ3v) is 4.00. The molecule has 0 fully saturated rings. The van der Waals surface area contributed by atoms with Crippen LogP contribution in [-0.4, -0.2) is 35.2 Å². The molecule has 0 saturated heterocycles. The number of ether oxygens (including phenoxy) is 2. The summed E-state index contributed by atoms with van der Waals surface area (Å²) in [5.41, 5.74) is 1.06. The number of carbonyl (C=O) groups is 2. The topological polar surface area (TPSA) is 104 Å². The Hall–Kier alpha value is -3.39. The van der Waals surface area contributed by atoms with Gasteiger partial charge in [-0.3, -0.25) is 9.59 Å². The van der Waals surface area contributed by atoms with Gasteiger partial charge in [-0.2, -0.15) is 4.98 Å². The van der Waals surface area contributed by atoms with Gasteiger partial charge >= 0.3 is 5.97 Å². The molecule has 3 aromatic rings. The molecule has 2 aromatic carbocycles. The Balaban J connectivity index is 1.51. The summed E-state index contributed by atoms with van der Waals surface area (Å²) < 4.78 is 15.7.